The first-order valence-electron chi connectivity index (χ1n) is 2.98. The molecule has 0 bridgehead atoms. The van der Waals surface area contributed by atoms with Crippen molar-refractivity contribution >= 4 is 25.4 Å². The third-order valence-corrected chi connectivity index (χ3v) is 2.52. The molecule has 0 fully saturated rings. The van der Waals surface area contributed by atoms with E-state index in [0.717, 1.165) is 6.92 Å². The van der Waals surface area contributed by atoms with Gasteiger partial charge in [-0.05, 0) is 6.92 Å². The molecule has 0 spiro atoms. The molecule has 13 heavy (non-hydrogen) atoms. The number of hydrogen-bond acceptors (Lipinski definition) is 4. The van der Waals surface area contributed by atoms with Crippen LogP contribution in [-0.4, -0.2) is 20.7 Å². The van der Waals surface area contributed by atoms with Gasteiger partial charge < -0.3 is 5.73 Å². The highest BCUT2D eigenvalue weighted by atomic mass is 35.7. The van der Waals surface area contributed by atoms with Crippen molar-refractivity contribution in [2.24, 2.45) is 10.7 Å². The molecule has 0 aromatic heterocycles. The number of nitrogens with zero attached hydrogens (tertiary/aromatic N) is 1. The van der Waals surface area contributed by atoms with Gasteiger partial charge in [0.2, 0.25) is 0 Å². The quantitative estimate of drug-likeness (QED) is 0.449. The molecule has 0 aromatic carbocycles. The first kappa shape index (κ1) is 12.3. The number of rotatable bonds is 3. The summed E-state index contributed by atoms with van der Waals surface area (Å²) < 4.78 is 44.7. The van der Waals surface area contributed by atoms with Gasteiger partial charge >= 0.3 is 6.55 Å². The Morgan fingerprint density at radius 2 is 2.08 bits per heavy atom. The minimum Gasteiger partial charge on any atom is -0.403 e. The van der Waals surface area contributed by atoms with Gasteiger partial charge in [0.05, 0.1) is 5.71 Å². The van der Waals surface area contributed by atoms with E-state index in [1.54, 1.807) is 0 Å². The zero-order valence-corrected chi connectivity index (χ0v) is 8.11. The SMILES string of the molecule is CC(=NC(F)F)C(=CN)S(=O)(=O)Cl. The van der Waals surface area contributed by atoms with Crippen molar-refractivity contribution < 1.29 is 17.2 Å². The lowest BCUT2D eigenvalue weighted by Crippen LogP contribution is -2.09. The molecule has 2 N–H and O–H groups in total. The lowest BCUT2D eigenvalue weighted by Gasteiger charge is -2.01. The molecule has 8 heteroatoms. The van der Waals surface area contributed by atoms with Gasteiger partial charge in [-0.25, -0.2) is 13.4 Å². The Hall–Kier alpha value is -0.690. The first-order chi connectivity index (χ1) is 5.79. The van der Waals surface area contributed by atoms with E-state index >= 15 is 0 Å². The number of halogens is 3. The minimum absolute atomic E-state index is 0.424. The van der Waals surface area contributed by atoms with E-state index in [1.807, 2.05) is 0 Å². The Kier molecular flexibility index (Phi) is 4.28. The van der Waals surface area contributed by atoms with Crippen LogP contribution < -0.4 is 5.73 Å². The maximum absolute atomic E-state index is 11.7. The molecule has 0 saturated carbocycles. The lowest BCUT2D eigenvalue weighted by molar-refractivity contribution is 0.160. The number of alkyl halides is 2. The van der Waals surface area contributed by atoms with E-state index < -0.39 is 26.2 Å². The van der Waals surface area contributed by atoms with Crippen LogP contribution >= 0.6 is 10.7 Å². The van der Waals surface area contributed by atoms with Crippen LogP contribution in [0.15, 0.2) is 16.1 Å². The van der Waals surface area contributed by atoms with Crippen LogP contribution in [0.25, 0.3) is 0 Å². The Bertz CT molecular complexity index is 336. The Balaban J connectivity index is 5.07. The summed E-state index contributed by atoms with van der Waals surface area (Å²) in [6.45, 7) is -1.92. The third kappa shape index (κ3) is 4.18. The van der Waals surface area contributed by atoms with Crippen LogP contribution in [0.5, 0.6) is 0 Å². The van der Waals surface area contributed by atoms with Crippen molar-refractivity contribution in [1.82, 2.24) is 0 Å². The fourth-order valence-electron chi connectivity index (χ4n) is 0.588. The van der Waals surface area contributed by atoms with Crippen molar-refractivity contribution in [3.05, 3.63) is 11.1 Å². The second-order valence-corrected chi connectivity index (χ2v) is 4.50. The standard InChI is InChI=1S/C5H7ClF2N2O2S/c1-3(10-5(7)8)4(2-9)13(6,11)12/h2,5H,9H2,1H3. The minimum atomic E-state index is -4.12. The zero-order chi connectivity index (χ0) is 10.6. The summed E-state index contributed by atoms with van der Waals surface area (Å²) >= 11 is 0. The summed E-state index contributed by atoms with van der Waals surface area (Å²) in [6.07, 6.45) is 0.615. The fraction of sp³-hybridized carbons (Fsp3) is 0.400. The molecule has 0 aromatic rings. The van der Waals surface area contributed by atoms with Gasteiger partial charge in [-0.1, -0.05) is 0 Å². The topological polar surface area (TPSA) is 72.5 Å². The maximum atomic E-state index is 11.7. The van der Waals surface area contributed by atoms with E-state index in [4.69, 9.17) is 16.4 Å². The molecule has 0 rings (SSSR count). The Morgan fingerprint density at radius 1 is 1.62 bits per heavy atom. The molecule has 4 nitrogen and oxygen atoms in total. The first-order valence-corrected chi connectivity index (χ1v) is 5.29. The van der Waals surface area contributed by atoms with Crippen molar-refractivity contribution in [3.63, 3.8) is 0 Å². The summed E-state index contributed by atoms with van der Waals surface area (Å²) in [5.41, 5.74) is 4.46. The average molecular weight is 233 g/mol. The van der Waals surface area contributed by atoms with Gasteiger partial charge in [-0.2, -0.15) is 8.78 Å². The van der Waals surface area contributed by atoms with Gasteiger partial charge in [0.1, 0.15) is 4.91 Å². The summed E-state index contributed by atoms with van der Waals surface area (Å²) in [4.78, 5) is 2.07. The highest BCUT2D eigenvalue weighted by Gasteiger charge is 2.17. The third-order valence-electron chi connectivity index (χ3n) is 1.06. The van der Waals surface area contributed by atoms with Crippen molar-refractivity contribution in [1.29, 1.82) is 0 Å². The predicted octanol–water partition coefficient (Wildman–Crippen LogP) is 1.04. The van der Waals surface area contributed by atoms with Crippen LogP contribution in [0.3, 0.4) is 0 Å². The smallest absolute Gasteiger partial charge is 0.332 e. The molecule has 0 saturated heterocycles. The Morgan fingerprint density at radius 3 is 2.31 bits per heavy atom. The number of aliphatic imine (C=N–C) groups is 1. The van der Waals surface area contributed by atoms with E-state index in [2.05, 4.69) is 4.99 Å². The molecule has 0 atom stereocenters. The largest absolute Gasteiger partial charge is 0.403 e. The van der Waals surface area contributed by atoms with Crippen molar-refractivity contribution in [2.45, 2.75) is 13.5 Å². The van der Waals surface area contributed by atoms with Gasteiger partial charge in [-0.3, -0.25) is 0 Å². The number of nitrogens with two attached hydrogens (primary N) is 1. The molecule has 0 aliphatic heterocycles. The van der Waals surface area contributed by atoms with Gasteiger partial charge in [-0.15, -0.1) is 0 Å². The van der Waals surface area contributed by atoms with Gasteiger partial charge in [0.25, 0.3) is 9.05 Å². The maximum Gasteiger partial charge on any atom is 0.332 e. The van der Waals surface area contributed by atoms with E-state index in [9.17, 15) is 17.2 Å². The van der Waals surface area contributed by atoms with E-state index in [0.29, 0.717) is 6.20 Å². The monoisotopic (exact) mass is 232 g/mol. The molecule has 0 aliphatic rings. The second-order valence-electron chi connectivity index (χ2n) is 1.96. The van der Waals surface area contributed by atoms with Crippen LogP contribution in [0, 0.1) is 0 Å². The lowest BCUT2D eigenvalue weighted by atomic mass is 10.4. The van der Waals surface area contributed by atoms with Crippen LogP contribution in [0.1, 0.15) is 6.92 Å². The molecule has 0 amide bonds. The van der Waals surface area contributed by atoms with Crippen LogP contribution in [0.2, 0.25) is 0 Å². The summed E-state index contributed by atoms with van der Waals surface area (Å²) in [7, 11) is 0.760. The molecule has 0 unspecified atom stereocenters. The van der Waals surface area contributed by atoms with E-state index in [1.165, 1.54) is 0 Å². The zero-order valence-electron chi connectivity index (χ0n) is 6.54. The molecular formula is C5H7ClF2N2O2S. The number of hydrogen-bond donors (Lipinski definition) is 1. The van der Waals surface area contributed by atoms with Gasteiger partial charge in [0.15, 0.2) is 0 Å². The molecule has 0 aliphatic carbocycles. The molecule has 76 valence electrons. The molecular weight excluding hydrogens is 226 g/mol. The highest BCUT2D eigenvalue weighted by Crippen LogP contribution is 2.13. The van der Waals surface area contributed by atoms with Gasteiger partial charge in [0, 0.05) is 16.9 Å². The van der Waals surface area contributed by atoms with Crippen LogP contribution in [0.4, 0.5) is 8.78 Å². The van der Waals surface area contributed by atoms with Crippen LogP contribution in [-0.2, 0) is 9.05 Å². The van der Waals surface area contributed by atoms with E-state index in [-0.39, 0.29) is 0 Å². The predicted molar refractivity (Wildman–Crippen MR) is 46.2 cm³/mol. The highest BCUT2D eigenvalue weighted by molar-refractivity contribution is 8.17. The Labute approximate surface area is 78.5 Å². The second kappa shape index (κ2) is 4.52. The molecule has 0 heterocycles. The summed E-state index contributed by atoms with van der Waals surface area (Å²) in [5.74, 6) is 0. The van der Waals surface area contributed by atoms with Crippen molar-refractivity contribution in [2.75, 3.05) is 0 Å². The average Bonchev–Trinajstić information content (AvgIpc) is 1.82. The molecule has 0 radical (unpaired) electrons. The number of allylic oxidation sites excluding steroid dienone is 1. The summed E-state index contributed by atoms with van der Waals surface area (Å²) in [5, 5.41) is 0. The summed E-state index contributed by atoms with van der Waals surface area (Å²) in [6, 6.07) is 0. The fourth-order valence-corrected chi connectivity index (χ4v) is 1.65. The normalized spacial score (nSPS) is 15.2. The van der Waals surface area contributed by atoms with Crippen molar-refractivity contribution in [3.8, 4) is 0 Å².